The fourth-order valence-corrected chi connectivity index (χ4v) is 2.44. The average Bonchev–Trinajstić information content (AvgIpc) is 2.89. The Morgan fingerprint density at radius 2 is 2.24 bits per heavy atom. The molecule has 1 amide bonds. The van der Waals surface area contributed by atoms with Crippen molar-refractivity contribution >= 4 is 34.6 Å². The van der Waals surface area contributed by atoms with E-state index >= 15 is 0 Å². The van der Waals surface area contributed by atoms with Crippen LogP contribution in [0, 0.1) is 5.82 Å². The van der Waals surface area contributed by atoms with Gasteiger partial charge in [0.1, 0.15) is 11.6 Å². The average molecular weight is 327 g/mol. The van der Waals surface area contributed by atoms with Crippen molar-refractivity contribution in [2.24, 2.45) is 5.10 Å². The first-order chi connectivity index (χ1) is 10.0. The van der Waals surface area contributed by atoms with Crippen LogP contribution in [0.2, 0.25) is 4.34 Å². The van der Waals surface area contributed by atoms with E-state index in [-0.39, 0.29) is 12.4 Å². The van der Waals surface area contributed by atoms with E-state index in [9.17, 15) is 9.18 Å². The summed E-state index contributed by atoms with van der Waals surface area (Å²) in [5.41, 5.74) is 3.01. The highest BCUT2D eigenvalue weighted by Gasteiger charge is 2.05. The fraction of sp³-hybridized carbons (Fsp3) is 0.143. The molecule has 0 saturated heterocycles. The van der Waals surface area contributed by atoms with Crippen LogP contribution in [-0.4, -0.2) is 18.2 Å². The smallest absolute Gasteiger partial charge is 0.277 e. The van der Waals surface area contributed by atoms with Gasteiger partial charge in [0.2, 0.25) is 0 Å². The summed E-state index contributed by atoms with van der Waals surface area (Å²) in [6, 6.07) is 9.16. The molecule has 0 aliphatic heterocycles. The predicted octanol–water partition coefficient (Wildman–Crippen LogP) is 3.46. The Kier molecular flexibility index (Phi) is 5.30. The first kappa shape index (κ1) is 15.5. The number of nitrogens with zero attached hydrogens (tertiary/aromatic N) is 1. The normalized spacial score (nSPS) is 11.3. The summed E-state index contributed by atoms with van der Waals surface area (Å²) < 4.78 is 18.7. The molecule has 1 N–H and O–H groups in total. The molecule has 4 nitrogen and oxygen atoms in total. The summed E-state index contributed by atoms with van der Waals surface area (Å²) in [5, 5.41) is 3.95. The van der Waals surface area contributed by atoms with Gasteiger partial charge in [-0.2, -0.15) is 5.10 Å². The maximum absolute atomic E-state index is 12.9. The van der Waals surface area contributed by atoms with Gasteiger partial charge in [0.05, 0.1) is 14.9 Å². The van der Waals surface area contributed by atoms with Crippen LogP contribution in [0.25, 0.3) is 0 Å². The number of hydrogen-bond acceptors (Lipinski definition) is 4. The van der Waals surface area contributed by atoms with Crippen molar-refractivity contribution in [2.75, 3.05) is 6.61 Å². The molecular weight excluding hydrogens is 315 g/mol. The largest absolute Gasteiger partial charge is 0.484 e. The molecule has 0 aliphatic rings. The van der Waals surface area contributed by atoms with Crippen LogP contribution in [0.1, 0.15) is 11.8 Å². The van der Waals surface area contributed by atoms with Gasteiger partial charge in [-0.1, -0.05) is 17.7 Å². The van der Waals surface area contributed by atoms with E-state index in [1.54, 1.807) is 19.1 Å². The van der Waals surface area contributed by atoms with Crippen molar-refractivity contribution in [3.63, 3.8) is 0 Å². The lowest BCUT2D eigenvalue weighted by Crippen LogP contribution is -2.25. The molecule has 0 fully saturated rings. The first-order valence-corrected chi connectivity index (χ1v) is 7.21. The molecule has 1 aromatic carbocycles. The Balaban J connectivity index is 1.84. The zero-order valence-electron chi connectivity index (χ0n) is 11.1. The van der Waals surface area contributed by atoms with Crippen LogP contribution >= 0.6 is 22.9 Å². The van der Waals surface area contributed by atoms with Gasteiger partial charge in [-0.3, -0.25) is 4.79 Å². The lowest BCUT2D eigenvalue weighted by Gasteiger charge is -2.05. The van der Waals surface area contributed by atoms with Crippen LogP contribution in [0.4, 0.5) is 4.39 Å². The monoisotopic (exact) mass is 326 g/mol. The van der Waals surface area contributed by atoms with E-state index in [2.05, 4.69) is 10.5 Å². The minimum absolute atomic E-state index is 0.245. The molecule has 0 saturated carbocycles. The van der Waals surface area contributed by atoms with Crippen molar-refractivity contribution in [3.05, 3.63) is 51.4 Å². The van der Waals surface area contributed by atoms with Crippen LogP contribution in [0.3, 0.4) is 0 Å². The van der Waals surface area contributed by atoms with Crippen LogP contribution in [-0.2, 0) is 4.79 Å². The molecule has 1 aromatic heterocycles. The number of carbonyl (C=O) groups is 1. The number of thiophene rings is 1. The summed E-state index contributed by atoms with van der Waals surface area (Å²) >= 11 is 7.19. The van der Waals surface area contributed by atoms with Gasteiger partial charge < -0.3 is 4.74 Å². The lowest BCUT2D eigenvalue weighted by atomic mass is 10.3. The van der Waals surface area contributed by atoms with Crippen LogP contribution < -0.4 is 10.2 Å². The number of rotatable bonds is 5. The standard InChI is InChI=1S/C14H12ClFN2O2S/c1-9(12-5-6-13(15)21-12)17-18-14(19)8-20-11-4-2-3-10(16)7-11/h2-7H,8H2,1H3,(H,18,19)/b17-9-. The molecule has 21 heavy (non-hydrogen) atoms. The molecule has 0 unspecified atom stereocenters. The highest BCUT2D eigenvalue weighted by molar-refractivity contribution is 7.18. The zero-order chi connectivity index (χ0) is 15.2. The summed E-state index contributed by atoms with van der Waals surface area (Å²) in [7, 11) is 0. The van der Waals surface area contributed by atoms with Crippen molar-refractivity contribution in [1.82, 2.24) is 5.43 Å². The molecule has 110 valence electrons. The Morgan fingerprint density at radius 1 is 1.43 bits per heavy atom. The van der Waals surface area contributed by atoms with Crippen molar-refractivity contribution in [1.29, 1.82) is 0 Å². The minimum atomic E-state index is -0.429. The highest BCUT2D eigenvalue weighted by Crippen LogP contribution is 2.21. The third kappa shape index (κ3) is 4.84. The summed E-state index contributed by atoms with van der Waals surface area (Å²) in [6.45, 7) is 1.52. The number of nitrogens with one attached hydrogen (secondary N) is 1. The second-order valence-electron chi connectivity index (χ2n) is 4.08. The van der Waals surface area contributed by atoms with Gasteiger partial charge in [0.15, 0.2) is 6.61 Å². The van der Waals surface area contributed by atoms with Crippen molar-refractivity contribution in [2.45, 2.75) is 6.92 Å². The second-order valence-corrected chi connectivity index (χ2v) is 5.80. The molecule has 0 aliphatic carbocycles. The van der Waals surface area contributed by atoms with Gasteiger partial charge in [-0.15, -0.1) is 11.3 Å². The minimum Gasteiger partial charge on any atom is -0.484 e. The Hall–Kier alpha value is -1.92. The molecule has 1 heterocycles. The molecule has 2 rings (SSSR count). The fourth-order valence-electron chi connectivity index (χ4n) is 1.45. The molecule has 0 atom stereocenters. The van der Waals surface area contributed by atoms with E-state index in [0.29, 0.717) is 10.0 Å². The Labute approximate surface area is 130 Å². The SMILES string of the molecule is C/C(=N/NC(=O)COc1cccc(F)c1)c1ccc(Cl)s1. The molecule has 0 radical (unpaired) electrons. The van der Waals surface area contributed by atoms with E-state index < -0.39 is 11.7 Å². The van der Waals surface area contributed by atoms with Crippen LogP contribution in [0.15, 0.2) is 41.5 Å². The molecule has 7 heteroatoms. The Morgan fingerprint density at radius 3 is 2.90 bits per heavy atom. The van der Waals surface area contributed by atoms with Gasteiger partial charge in [-0.05, 0) is 31.2 Å². The van der Waals surface area contributed by atoms with E-state index in [0.717, 1.165) is 4.88 Å². The zero-order valence-corrected chi connectivity index (χ0v) is 12.7. The number of halogens is 2. The van der Waals surface area contributed by atoms with Gasteiger partial charge in [0.25, 0.3) is 5.91 Å². The highest BCUT2D eigenvalue weighted by atomic mass is 35.5. The molecule has 0 bridgehead atoms. The number of ether oxygens (including phenoxy) is 1. The van der Waals surface area contributed by atoms with Gasteiger partial charge >= 0.3 is 0 Å². The quantitative estimate of drug-likeness (QED) is 0.675. The summed E-state index contributed by atoms with van der Waals surface area (Å²) in [5.74, 6) is -0.562. The van der Waals surface area contributed by atoms with Gasteiger partial charge in [-0.25, -0.2) is 9.82 Å². The summed E-state index contributed by atoms with van der Waals surface area (Å²) in [4.78, 5) is 12.4. The molecule has 0 spiro atoms. The van der Waals surface area contributed by atoms with Crippen LogP contribution in [0.5, 0.6) is 5.75 Å². The van der Waals surface area contributed by atoms with E-state index in [1.807, 2.05) is 6.07 Å². The first-order valence-electron chi connectivity index (χ1n) is 6.02. The predicted molar refractivity (Wildman–Crippen MR) is 81.6 cm³/mol. The van der Waals surface area contributed by atoms with Crippen molar-refractivity contribution < 1.29 is 13.9 Å². The van der Waals surface area contributed by atoms with E-state index in [1.165, 1.54) is 29.5 Å². The van der Waals surface area contributed by atoms with E-state index in [4.69, 9.17) is 16.3 Å². The lowest BCUT2D eigenvalue weighted by molar-refractivity contribution is -0.123. The number of hydrogen-bond donors (Lipinski definition) is 1. The Bertz CT molecular complexity index is 672. The number of benzene rings is 1. The molecule has 2 aromatic rings. The molecular formula is C14H12ClFN2O2S. The topological polar surface area (TPSA) is 50.7 Å². The third-order valence-electron chi connectivity index (χ3n) is 2.44. The maximum atomic E-state index is 12.9. The number of carbonyl (C=O) groups excluding carboxylic acids is 1. The van der Waals surface area contributed by atoms with Gasteiger partial charge in [0, 0.05) is 6.07 Å². The number of hydrazone groups is 1. The summed E-state index contributed by atoms with van der Waals surface area (Å²) in [6.07, 6.45) is 0. The van der Waals surface area contributed by atoms with Crippen molar-refractivity contribution in [3.8, 4) is 5.75 Å². The maximum Gasteiger partial charge on any atom is 0.277 e. The third-order valence-corrected chi connectivity index (χ3v) is 3.78. The second kappa shape index (κ2) is 7.19. The number of amides is 1.